The second kappa shape index (κ2) is 6.72. The highest BCUT2D eigenvalue weighted by molar-refractivity contribution is 5.93. The van der Waals surface area contributed by atoms with E-state index in [0.717, 1.165) is 12.1 Å². The van der Waals surface area contributed by atoms with Gasteiger partial charge in [-0.15, -0.1) is 0 Å². The Balaban J connectivity index is 1.65. The highest BCUT2D eigenvalue weighted by Gasteiger charge is 2.11. The van der Waals surface area contributed by atoms with Crippen LogP contribution < -0.4 is 5.32 Å². The minimum atomic E-state index is -0.0789. The van der Waals surface area contributed by atoms with Crippen molar-refractivity contribution in [3.63, 3.8) is 0 Å². The van der Waals surface area contributed by atoms with Gasteiger partial charge in [0.25, 0.3) is 5.91 Å². The molecular formula is C18H17N3O. The van der Waals surface area contributed by atoms with Crippen molar-refractivity contribution in [3.05, 3.63) is 84.4 Å². The van der Waals surface area contributed by atoms with Crippen LogP contribution in [-0.2, 0) is 6.42 Å². The van der Waals surface area contributed by atoms with Gasteiger partial charge in [0.15, 0.2) is 0 Å². The SMILES string of the molecule is O=C(NCCc1ccccc1)c1cccn1-c1cccnc1. The van der Waals surface area contributed by atoms with E-state index in [1.165, 1.54) is 5.56 Å². The average Bonchev–Trinajstić information content (AvgIpc) is 3.06. The minimum Gasteiger partial charge on any atom is -0.350 e. The van der Waals surface area contributed by atoms with Gasteiger partial charge in [0.05, 0.1) is 11.9 Å². The van der Waals surface area contributed by atoms with Crippen molar-refractivity contribution in [2.45, 2.75) is 6.42 Å². The Kier molecular flexibility index (Phi) is 4.30. The zero-order valence-corrected chi connectivity index (χ0v) is 12.1. The van der Waals surface area contributed by atoms with Crippen molar-refractivity contribution in [2.24, 2.45) is 0 Å². The highest BCUT2D eigenvalue weighted by Crippen LogP contribution is 2.11. The van der Waals surface area contributed by atoms with Crippen molar-refractivity contribution < 1.29 is 4.79 Å². The van der Waals surface area contributed by atoms with Crippen molar-refractivity contribution in [1.82, 2.24) is 14.9 Å². The fourth-order valence-electron chi connectivity index (χ4n) is 2.34. The molecule has 0 saturated carbocycles. The summed E-state index contributed by atoms with van der Waals surface area (Å²) in [6.45, 7) is 0.612. The van der Waals surface area contributed by atoms with Gasteiger partial charge in [-0.1, -0.05) is 30.3 Å². The number of benzene rings is 1. The molecule has 0 aliphatic heterocycles. The molecule has 3 aromatic rings. The van der Waals surface area contributed by atoms with Crippen LogP contribution in [0.1, 0.15) is 16.1 Å². The molecule has 4 heteroatoms. The third kappa shape index (κ3) is 3.23. The van der Waals surface area contributed by atoms with Gasteiger partial charge in [-0.2, -0.15) is 0 Å². The Morgan fingerprint density at radius 3 is 2.68 bits per heavy atom. The number of carbonyl (C=O) groups excluding carboxylic acids is 1. The summed E-state index contributed by atoms with van der Waals surface area (Å²) in [4.78, 5) is 16.4. The maximum Gasteiger partial charge on any atom is 0.268 e. The lowest BCUT2D eigenvalue weighted by Crippen LogP contribution is -2.27. The van der Waals surface area contributed by atoms with E-state index >= 15 is 0 Å². The average molecular weight is 291 g/mol. The summed E-state index contributed by atoms with van der Waals surface area (Å²) in [7, 11) is 0. The molecule has 0 bridgehead atoms. The summed E-state index contributed by atoms with van der Waals surface area (Å²) in [5.41, 5.74) is 2.70. The molecule has 0 spiro atoms. The van der Waals surface area contributed by atoms with Crippen LogP contribution in [-0.4, -0.2) is 22.0 Å². The van der Waals surface area contributed by atoms with E-state index in [1.807, 2.05) is 53.2 Å². The van der Waals surface area contributed by atoms with Gasteiger partial charge in [0.1, 0.15) is 5.69 Å². The molecule has 4 nitrogen and oxygen atoms in total. The van der Waals surface area contributed by atoms with Crippen LogP contribution in [0.3, 0.4) is 0 Å². The second-order valence-electron chi connectivity index (χ2n) is 4.97. The Morgan fingerprint density at radius 1 is 1.05 bits per heavy atom. The van der Waals surface area contributed by atoms with Crippen molar-refractivity contribution in [2.75, 3.05) is 6.54 Å². The lowest BCUT2D eigenvalue weighted by atomic mass is 10.1. The Bertz CT molecular complexity index is 735. The van der Waals surface area contributed by atoms with Gasteiger partial charge in [-0.25, -0.2) is 0 Å². The number of hydrogen-bond acceptors (Lipinski definition) is 2. The van der Waals surface area contributed by atoms with Crippen LogP contribution in [0.25, 0.3) is 5.69 Å². The summed E-state index contributed by atoms with van der Waals surface area (Å²) in [6.07, 6.45) is 6.14. The first-order valence-corrected chi connectivity index (χ1v) is 7.24. The summed E-state index contributed by atoms with van der Waals surface area (Å²) < 4.78 is 1.84. The first-order valence-electron chi connectivity index (χ1n) is 7.24. The zero-order valence-electron chi connectivity index (χ0n) is 12.1. The van der Waals surface area contributed by atoms with Gasteiger partial charge in [-0.3, -0.25) is 9.78 Å². The summed E-state index contributed by atoms with van der Waals surface area (Å²) in [5.74, 6) is -0.0789. The molecule has 22 heavy (non-hydrogen) atoms. The highest BCUT2D eigenvalue weighted by atomic mass is 16.1. The normalized spacial score (nSPS) is 10.4. The maximum atomic E-state index is 12.3. The Labute approximate surface area is 129 Å². The van der Waals surface area contributed by atoms with E-state index in [4.69, 9.17) is 0 Å². The van der Waals surface area contributed by atoms with Gasteiger partial charge in [-0.05, 0) is 36.2 Å². The van der Waals surface area contributed by atoms with E-state index in [1.54, 1.807) is 12.4 Å². The number of rotatable bonds is 5. The topological polar surface area (TPSA) is 46.9 Å². The molecule has 0 unspecified atom stereocenters. The summed E-state index contributed by atoms with van der Waals surface area (Å²) >= 11 is 0. The lowest BCUT2D eigenvalue weighted by Gasteiger charge is -2.09. The van der Waals surface area contributed by atoms with Crippen LogP contribution >= 0.6 is 0 Å². The molecule has 0 saturated heterocycles. The van der Waals surface area contributed by atoms with Gasteiger partial charge < -0.3 is 9.88 Å². The second-order valence-corrected chi connectivity index (χ2v) is 4.97. The van der Waals surface area contributed by atoms with E-state index < -0.39 is 0 Å². The smallest absolute Gasteiger partial charge is 0.268 e. The van der Waals surface area contributed by atoms with E-state index in [9.17, 15) is 4.79 Å². The standard InChI is InChI=1S/C18H17N3O/c22-18(20-12-10-15-6-2-1-3-7-15)17-9-5-13-21(17)16-8-4-11-19-14-16/h1-9,11,13-14H,10,12H2,(H,20,22). The summed E-state index contributed by atoms with van der Waals surface area (Å²) in [5, 5.41) is 2.96. The van der Waals surface area contributed by atoms with E-state index in [-0.39, 0.29) is 5.91 Å². The Hall–Kier alpha value is -2.88. The molecular weight excluding hydrogens is 274 g/mol. The third-order valence-corrected chi connectivity index (χ3v) is 3.45. The quantitative estimate of drug-likeness (QED) is 0.785. The lowest BCUT2D eigenvalue weighted by molar-refractivity contribution is 0.0947. The van der Waals surface area contributed by atoms with Crippen LogP contribution in [0, 0.1) is 0 Å². The van der Waals surface area contributed by atoms with Gasteiger partial charge in [0.2, 0.25) is 0 Å². The third-order valence-electron chi connectivity index (χ3n) is 3.45. The summed E-state index contributed by atoms with van der Waals surface area (Å²) in [6, 6.07) is 17.6. The maximum absolute atomic E-state index is 12.3. The zero-order chi connectivity index (χ0) is 15.2. The van der Waals surface area contributed by atoms with Crippen LogP contribution in [0.5, 0.6) is 0 Å². The molecule has 0 aliphatic rings. The molecule has 1 aromatic carbocycles. The van der Waals surface area contributed by atoms with Crippen LogP contribution in [0.4, 0.5) is 0 Å². The van der Waals surface area contributed by atoms with Crippen molar-refractivity contribution >= 4 is 5.91 Å². The van der Waals surface area contributed by atoms with Crippen molar-refractivity contribution in [3.8, 4) is 5.69 Å². The number of carbonyl (C=O) groups is 1. The van der Waals surface area contributed by atoms with Gasteiger partial charge >= 0.3 is 0 Å². The van der Waals surface area contributed by atoms with E-state index in [0.29, 0.717) is 12.2 Å². The molecule has 3 rings (SSSR count). The predicted octanol–water partition coefficient (Wildman–Crippen LogP) is 2.84. The number of nitrogens with one attached hydrogen (secondary N) is 1. The Morgan fingerprint density at radius 2 is 1.91 bits per heavy atom. The number of amides is 1. The first kappa shape index (κ1) is 14.1. The number of hydrogen-bond donors (Lipinski definition) is 1. The molecule has 1 amide bonds. The van der Waals surface area contributed by atoms with Crippen LogP contribution in [0.15, 0.2) is 73.2 Å². The molecule has 0 fully saturated rings. The minimum absolute atomic E-state index is 0.0789. The molecule has 0 aliphatic carbocycles. The number of nitrogens with zero attached hydrogens (tertiary/aromatic N) is 2. The molecule has 0 atom stereocenters. The number of aromatic nitrogens is 2. The molecule has 110 valence electrons. The predicted molar refractivity (Wildman–Crippen MR) is 86.0 cm³/mol. The van der Waals surface area contributed by atoms with E-state index in [2.05, 4.69) is 22.4 Å². The molecule has 2 aromatic heterocycles. The van der Waals surface area contributed by atoms with Gasteiger partial charge in [0, 0.05) is 18.9 Å². The number of pyridine rings is 1. The monoisotopic (exact) mass is 291 g/mol. The van der Waals surface area contributed by atoms with Crippen LogP contribution in [0.2, 0.25) is 0 Å². The largest absolute Gasteiger partial charge is 0.350 e. The fraction of sp³-hybridized carbons (Fsp3) is 0.111. The fourth-order valence-corrected chi connectivity index (χ4v) is 2.34. The van der Waals surface area contributed by atoms with Crippen molar-refractivity contribution in [1.29, 1.82) is 0 Å². The first-order chi connectivity index (χ1) is 10.8. The molecule has 0 radical (unpaired) electrons. The molecule has 1 N–H and O–H groups in total. The molecule has 2 heterocycles.